The van der Waals surface area contributed by atoms with E-state index in [0.717, 1.165) is 11.1 Å². The van der Waals surface area contributed by atoms with Crippen molar-refractivity contribution in [3.05, 3.63) is 34.3 Å². The van der Waals surface area contributed by atoms with Crippen molar-refractivity contribution in [1.82, 2.24) is 9.47 Å². The average molecular weight is 249 g/mol. The van der Waals surface area contributed by atoms with Crippen molar-refractivity contribution < 1.29 is 4.42 Å². The van der Waals surface area contributed by atoms with Gasteiger partial charge >= 0.3 is 5.76 Å². The highest BCUT2D eigenvalue weighted by molar-refractivity contribution is 5.73. The van der Waals surface area contributed by atoms with Crippen molar-refractivity contribution in [2.24, 2.45) is 12.8 Å². The fourth-order valence-electron chi connectivity index (χ4n) is 2.41. The lowest BCUT2D eigenvalue weighted by Crippen LogP contribution is -2.34. The van der Waals surface area contributed by atoms with E-state index in [-0.39, 0.29) is 17.8 Å². The van der Waals surface area contributed by atoms with Gasteiger partial charge in [0.15, 0.2) is 5.58 Å². The van der Waals surface area contributed by atoms with Crippen molar-refractivity contribution in [3.8, 4) is 0 Å². The summed E-state index contributed by atoms with van der Waals surface area (Å²) in [6, 6.07) is 5.87. The number of nitrogens with zero attached hydrogens (tertiary/aromatic N) is 2. The molecule has 0 amide bonds. The number of nitrogens with two attached hydrogens (primary N) is 1. The van der Waals surface area contributed by atoms with Crippen molar-refractivity contribution in [3.63, 3.8) is 0 Å². The standard InChI is InChI=1S/C13H19N3O2/c1-8(14)12(15(2)3)9-5-6-10-11(7-9)18-13(17)16(10)4/h5-8,12H,14H2,1-4H3. The molecule has 1 heterocycles. The molecule has 0 fully saturated rings. The van der Waals surface area contributed by atoms with E-state index in [1.54, 1.807) is 7.05 Å². The quantitative estimate of drug-likeness (QED) is 0.884. The third kappa shape index (κ3) is 2.07. The molecule has 0 bridgehead atoms. The first-order valence-corrected chi connectivity index (χ1v) is 5.93. The van der Waals surface area contributed by atoms with Crippen LogP contribution in [0.1, 0.15) is 18.5 Å². The van der Waals surface area contributed by atoms with Crippen LogP contribution in [0.3, 0.4) is 0 Å². The molecule has 5 nitrogen and oxygen atoms in total. The summed E-state index contributed by atoms with van der Waals surface area (Å²) in [6.45, 7) is 1.97. The molecule has 2 atom stereocenters. The molecule has 5 heteroatoms. The first-order valence-electron chi connectivity index (χ1n) is 5.93. The van der Waals surface area contributed by atoms with E-state index in [9.17, 15) is 4.79 Å². The van der Waals surface area contributed by atoms with Crippen molar-refractivity contribution in [2.45, 2.75) is 19.0 Å². The fraction of sp³-hybridized carbons (Fsp3) is 0.462. The van der Waals surface area contributed by atoms with E-state index >= 15 is 0 Å². The Morgan fingerprint density at radius 2 is 2.06 bits per heavy atom. The molecule has 0 saturated heterocycles. The Balaban J connectivity index is 2.55. The molecule has 1 aromatic carbocycles. The highest BCUT2D eigenvalue weighted by Crippen LogP contribution is 2.24. The molecule has 0 aliphatic carbocycles. The second kappa shape index (κ2) is 4.59. The molecule has 2 N–H and O–H groups in total. The van der Waals surface area contributed by atoms with Crippen LogP contribution in [0.2, 0.25) is 0 Å². The van der Waals surface area contributed by atoms with Crippen molar-refractivity contribution in [1.29, 1.82) is 0 Å². The molecule has 0 aliphatic rings. The summed E-state index contributed by atoms with van der Waals surface area (Å²) in [7, 11) is 5.67. The lowest BCUT2D eigenvalue weighted by Gasteiger charge is -2.28. The van der Waals surface area contributed by atoms with Crippen molar-refractivity contribution in [2.75, 3.05) is 14.1 Å². The number of hydrogen-bond donors (Lipinski definition) is 1. The van der Waals surface area contributed by atoms with Gasteiger partial charge in [-0.1, -0.05) is 6.07 Å². The Bertz CT molecular complexity index is 602. The van der Waals surface area contributed by atoms with Crippen LogP contribution >= 0.6 is 0 Å². The Morgan fingerprint density at radius 3 is 2.61 bits per heavy atom. The molecule has 98 valence electrons. The van der Waals surface area contributed by atoms with Crippen LogP contribution in [-0.4, -0.2) is 29.6 Å². The molecule has 18 heavy (non-hydrogen) atoms. The van der Waals surface area contributed by atoms with Crippen LogP contribution < -0.4 is 11.5 Å². The van der Waals surface area contributed by atoms with Gasteiger partial charge in [0.2, 0.25) is 0 Å². The zero-order valence-corrected chi connectivity index (χ0v) is 11.2. The van der Waals surface area contributed by atoms with E-state index in [2.05, 4.69) is 4.90 Å². The van der Waals surface area contributed by atoms with Gasteiger partial charge in [0.05, 0.1) is 5.52 Å². The maximum absolute atomic E-state index is 11.4. The summed E-state index contributed by atoms with van der Waals surface area (Å²) in [4.78, 5) is 13.5. The third-order valence-electron chi connectivity index (χ3n) is 3.21. The van der Waals surface area contributed by atoms with Crippen LogP contribution in [0.4, 0.5) is 0 Å². The third-order valence-corrected chi connectivity index (χ3v) is 3.21. The van der Waals surface area contributed by atoms with Crippen LogP contribution in [-0.2, 0) is 7.05 Å². The topological polar surface area (TPSA) is 64.4 Å². The molecular formula is C13H19N3O2. The second-order valence-electron chi connectivity index (χ2n) is 4.92. The maximum Gasteiger partial charge on any atom is 0.419 e. The summed E-state index contributed by atoms with van der Waals surface area (Å²) < 4.78 is 6.69. The van der Waals surface area contributed by atoms with Gasteiger partial charge in [0.1, 0.15) is 0 Å². The lowest BCUT2D eigenvalue weighted by molar-refractivity contribution is 0.266. The number of aromatic nitrogens is 1. The number of benzene rings is 1. The second-order valence-corrected chi connectivity index (χ2v) is 4.92. The molecule has 0 aliphatic heterocycles. The van der Waals surface area contributed by atoms with Gasteiger partial charge in [-0.3, -0.25) is 4.57 Å². The van der Waals surface area contributed by atoms with Gasteiger partial charge in [0, 0.05) is 19.1 Å². The lowest BCUT2D eigenvalue weighted by atomic mass is 10.00. The number of hydrogen-bond acceptors (Lipinski definition) is 4. The molecule has 0 saturated carbocycles. The van der Waals surface area contributed by atoms with Gasteiger partial charge in [-0.25, -0.2) is 4.79 Å². The summed E-state index contributed by atoms with van der Waals surface area (Å²) in [5.74, 6) is -0.343. The van der Waals surface area contributed by atoms with E-state index < -0.39 is 0 Å². The van der Waals surface area contributed by atoms with Crippen LogP contribution in [0, 0.1) is 0 Å². The van der Waals surface area contributed by atoms with Crippen LogP contribution in [0.5, 0.6) is 0 Å². The summed E-state index contributed by atoms with van der Waals surface area (Å²) in [6.07, 6.45) is 0. The first kappa shape index (κ1) is 12.9. The summed E-state index contributed by atoms with van der Waals surface area (Å²) >= 11 is 0. The van der Waals surface area contributed by atoms with Gasteiger partial charge < -0.3 is 15.1 Å². The Labute approximate surface area is 106 Å². The molecule has 2 unspecified atom stereocenters. The van der Waals surface area contributed by atoms with Crippen molar-refractivity contribution >= 4 is 11.1 Å². The van der Waals surface area contributed by atoms with E-state index in [0.29, 0.717) is 5.58 Å². The minimum absolute atomic E-state index is 0.00659. The Hall–Kier alpha value is -1.59. The number of likely N-dealkylation sites (N-methyl/N-ethyl adjacent to an activating group) is 1. The minimum atomic E-state index is -0.343. The van der Waals surface area contributed by atoms with Gasteiger partial charge in [-0.15, -0.1) is 0 Å². The smallest absolute Gasteiger partial charge is 0.408 e. The number of fused-ring (bicyclic) bond motifs is 1. The predicted molar refractivity (Wildman–Crippen MR) is 71.5 cm³/mol. The fourth-order valence-corrected chi connectivity index (χ4v) is 2.41. The van der Waals surface area contributed by atoms with Gasteiger partial charge in [0.25, 0.3) is 0 Å². The molecule has 1 aromatic heterocycles. The van der Waals surface area contributed by atoms with Gasteiger partial charge in [-0.05, 0) is 38.7 Å². The summed E-state index contributed by atoms with van der Waals surface area (Å²) in [5, 5.41) is 0. The zero-order chi connectivity index (χ0) is 13.4. The SMILES string of the molecule is CC(N)C(c1ccc2c(c1)oc(=O)n2C)N(C)C. The molecule has 0 spiro atoms. The first-order chi connectivity index (χ1) is 8.41. The number of aryl methyl sites for hydroxylation is 1. The van der Waals surface area contributed by atoms with Crippen LogP contribution in [0.25, 0.3) is 11.1 Å². The molecule has 0 radical (unpaired) electrons. The predicted octanol–water partition coefficient (Wildman–Crippen LogP) is 1.08. The molecular weight excluding hydrogens is 230 g/mol. The average Bonchev–Trinajstić information content (AvgIpc) is 2.53. The Kier molecular flexibility index (Phi) is 3.28. The minimum Gasteiger partial charge on any atom is -0.408 e. The normalized spacial score (nSPS) is 15.2. The highest BCUT2D eigenvalue weighted by Gasteiger charge is 2.19. The van der Waals surface area contributed by atoms with Crippen LogP contribution in [0.15, 0.2) is 27.4 Å². The monoisotopic (exact) mass is 249 g/mol. The van der Waals surface area contributed by atoms with E-state index in [1.807, 2.05) is 39.2 Å². The number of rotatable bonds is 3. The number of oxazole rings is 1. The Morgan fingerprint density at radius 1 is 1.39 bits per heavy atom. The molecule has 2 rings (SSSR count). The molecule has 2 aromatic rings. The maximum atomic E-state index is 11.4. The van der Waals surface area contributed by atoms with E-state index in [4.69, 9.17) is 10.2 Å². The summed E-state index contributed by atoms with van der Waals surface area (Å²) in [5.41, 5.74) is 8.46. The van der Waals surface area contributed by atoms with E-state index in [1.165, 1.54) is 4.57 Å². The zero-order valence-electron chi connectivity index (χ0n) is 11.2. The highest BCUT2D eigenvalue weighted by atomic mass is 16.4. The van der Waals surface area contributed by atoms with Gasteiger partial charge in [-0.2, -0.15) is 0 Å². The largest absolute Gasteiger partial charge is 0.419 e.